The Kier molecular flexibility index (Phi) is 5.90. The molecule has 4 aromatic rings. The molecule has 1 aliphatic heterocycles. The number of rotatable bonds is 4. The maximum atomic E-state index is 13.7. The summed E-state index contributed by atoms with van der Waals surface area (Å²) in [5, 5.41) is 0. The number of hydrogen-bond donors (Lipinski definition) is 1. The van der Waals surface area contributed by atoms with Crippen molar-refractivity contribution in [3.05, 3.63) is 84.6 Å². The molecular formula is C25H22FN7O. The summed E-state index contributed by atoms with van der Waals surface area (Å²) in [7, 11) is 0. The molecule has 3 aromatic heterocycles. The first-order valence-corrected chi connectivity index (χ1v) is 11.0. The molecule has 1 fully saturated rings. The Balaban J connectivity index is 1.52. The fraction of sp³-hybridized carbons (Fsp3) is 0.200. The van der Waals surface area contributed by atoms with Gasteiger partial charge in [-0.3, -0.25) is 4.79 Å². The van der Waals surface area contributed by atoms with Crippen molar-refractivity contribution in [2.24, 2.45) is 0 Å². The summed E-state index contributed by atoms with van der Waals surface area (Å²) < 4.78 is 13.5. The smallest absolute Gasteiger partial charge is 0.273 e. The Hall–Kier alpha value is -4.27. The van der Waals surface area contributed by atoms with E-state index < -0.39 is 0 Å². The van der Waals surface area contributed by atoms with Crippen molar-refractivity contribution in [1.29, 1.82) is 0 Å². The van der Waals surface area contributed by atoms with Crippen molar-refractivity contribution in [2.45, 2.75) is 25.3 Å². The SMILES string of the molecule is Nc1ncc(-c2ccc(F)cc2)c([C@@H]2CCCCN2C(=O)c2cccc(-c3cncnc3)n2)n1. The Bertz CT molecular complexity index is 1310. The molecule has 1 aliphatic rings. The van der Waals surface area contributed by atoms with Crippen LogP contribution in [-0.2, 0) is 0 Å². The lowest BCUT2D eigenvalue weighted by molar-refractivity contribution is 0.0601. The fourth-order valence-electron chi connectivity index (χ4n) is 4.27. The van der Waals surface area contributed by atoms with Gasteiger partial charge in [-0.2, -0.15) is 0 Å². The standard InChI is InChI=1S/C25H22FN7O/c26-18-9-7-16(8-10-18)19-14-30-25(27)32-23(19)22-6-1-2-11-33(22)24(34)21-5-3-4-20(31-21)17-12-28-15-29-13-17/h3-5,7-10,12-15,22H,1-2,6,11H2,(H2,27,30,32)/t22-/m0/s1. The van der Waals surface area contributed by atoms with Crippen LogP contribution in [0.15, 0.2) is 67.4 Å². The number of likely N-dealkylation sites (tertiary alicyclic amines) is 1. The molecule has 8 nitrogen and oxygen atoms in total. The minimum Gasteiger partial charge on any atom is -0.368 e. The van der Waals surface area contributed by atoms with Gasteiger partial charge in [0.05, 0.1) is 17.4 Å². The van der Waals surface area contributed by atoms with Crippen molar-refractivity contribution in [2.75, 3.05) is 12.3 Å². The number of benzene rings is 1. The molecule has 0 saturated carbocycles. The number of pyridine rings is 1. The highest BCUT2D eigenvalue weighted by atomic mass is 19.1. The zero-order valence-corrected chi connectivity index (χ0v) is 18.3. The lowest BCUT2D eigenvalue weighted by atomic mass is 9.93. The number of carbonyl (C=O) groups excluding carboxylic acids is 1. The lowest BCUT2D eigenvalue weighted by Crippen LogP contribution is -2.39. The number of nitrogens with two attached hydrogens (primary N) is 1. The van der Waals surface area contributed by atoms with Gasteiger partial charge in [-0.05, 0) is 49.1 Å². The third kappa shape index (κ3) is 4.32. The van der Waals surface area contributed by atoms with Gasteiger partial charge in [0.1, 0.15) is 17.8 Å². The molecule has 0 unspecified atom stereocenters. The van der Waals surface area contributed by atoms with E-state index in [4.69, 9.17) is 5.73 Å². The summed E-state index contributed by atoms with van der Waals surface area (Å²) in [6.45, 7) is 0.566. The predicted molar refractivity (Wildman–Crippen MR) is 125 cm³/mol. The van der Waals surface area contributed by atoms with Gasteiger partial charge in [-0.25, -0.2) is 29.3 Å². The van der Waals surface area contributed by atoms with Crippen LogP contribution in [-0.4, -0.2) is 42.3 Å². The summed E-state index contributed by atoms with van der Waals surface area (Å²) >= 11 is 0. The van der Waals surface area contributed by atoms with E-state index >= 15 is 0 Å². The molecule has 0 spiro atoms. The van der Waals surface area contributed by atoms with Gasteiger partial charge in [-0.15, -0.1) is 0 Å². The molecule has 5 rings (SSSR count). The summed E-state index contributed by atoms with van der Waals surface area (Å²) in [5.41, 5.74) is 9.77. The highest BCUT2D eigenvalue weighted by Crippen LogP contribution is 2.36. The van der Waals surface area contributed by atoms with E-state index in [1.807, 2.05) is 6.07 Å². The quantitative estimate of drug-likeness (QED) is 0.493. The van der Waals surface area contributed by atoms with Crippen LogP contribution in [0.2, 0.25) is 0 Å². The van der Waals surface area contributed by atoms with Gasteiger partial charge in [0.2, 0.25) is 5.95 Å². The maximum absolute atomic E-state index is 13.7. The van der Waals surface area contributed by atoms with E-state index in [1.54, 1.807) is 47.8 Å². The monoisotopic (exact) mass is 455 g/mol. The van der Waals surface area contributed by atoms with Crippen LogP contribution in [0.1, 0.15) is 41.5 Å². The van der Waals surface area contributed by atoms with Crippen LogP contribution in [0, 0.1) is 5.82 Å². The number of aromatic nitrogens is 5. The summed E-state index contributed by atoms with van der Waals surface area (Å²) in [6, 6.07) is 11.2. The van der Waals surface area contributed by atoms with Crippen LogP contribution < -0.4 is 5.73 Å². The second-order valence-electron chi connectivity index (χ2n) is 8.08. The fourth-order valence-corrected chi connectivity index (χ4v) is 4.27. The Morgan fingerprint density at radius 3 is 2.56 bits per heavy atom. The van der Waals surface area contributed by atoms with E-state index in [2.05, 4.69) is 24.9 Å². The van der Waals surface area contributed by atoms with Crippen LogP contribution in [0.25, 0.3) is 22.4 Å². The number of amides is 1. The Morgan fingerprint density at radius 1 is 0.971 bits per heavy atom. The normalized spacial score (nSPS) is 15.8. The molecule has 0 bridgehead atoms. The minimum atomic E-state index is -0.328. The molecule has 9 heteroatoms. The van der Waals surface area contributed by atoms with E-state index in [-0.39, 0.29) is 23.7 Å². The van der Waals surface area contributed by atoms with Crippen LogP contribution >= 0.6 is 0 Å². The molecule has 170 valence electrons. The third-order valence-electron chi connectivity index (χ3n) is 5.90. The molecule has 34 heavy (non-hydrogen) atoms. The number of nitrogen functional groups attached to an aromatic ring is 1. The van der Waals surface area contributed by atoms with Crippen LogP contribution in [0.5, 0.6) is 0 Å². The number of carbonyl (C=O) groups is 1. The topological polar surface area (TPSA) is 111 Å². The highest BCUT2D eigenvalue weighted by Gasteiger charge is 2.32. The average molecular weight is 455 g/mol. The molecule has 1 amide bonds. The second kappa shape index (κ2) is 9.30. The number of hydrogen-bond acceptors (Lipinski definition) is 7. The molecule has 1 saturated heterocycles. The van der Waals surface area contributed by atoms with Gasteiger partial charge < -0.3 is 10.6 Å². The number of halogens is 1. The molecule has 0 radical (unpaired) electrons. The van der Waals surface area contributed by atoms with Gasteiger partial charge in [0.15, 0.2) is 0 Å². The van der Waals surface area contributed by atoms with Crippen molar-refractivity contribution < 1.29 is 9.18 Å². The molecule has 1 aromatic carbocycles. The van der Waals surface area contributed by atoms with Crippen LogP contribution in [0.4, 0.5) is 10.3 Å². The number of piperidine rings is 1. The summed E-state index contributed by atoms with van der Waals surface area (Å²) in [6.07, 6.45) is 8.94. The first kappa shape index (κ1) is 21.6. The molecule has 0 aliphatic carbocycles. The van der Waals surface area contributed by atoms with Crippen molar-refractivity contribution >= 4 is 11.9 Å². The van der Waals surface area contributed by atoms with Crippen molar-refractivity contribution in [3.8, 4) is 22.4 Å². The van der Waals surface area contributed by atoms with Crippen LogP contribution in [0.3, 0.4) is 0 Å². The highest BCUT2D eigenvalue weighted by molar-refractivity contribution is 5.93. The van der Waals surface area contributed by atoms with Gasteiger partial charge >= 0.3 is 0 Å². The molecule has 1 atom stereocenters. The largest absolute Gasteiger partial charge is 0.368 e. The third-order valence-corrected chi connectivity index (χ3v) is 5.90. The molecule has 4 heterocycles. The zero-order valence-electron chi connectivity index (χ0n) is 18.3. The first-order chi connectivity index (χ1) is 16.6. The molecule has 2 N–H and O–H groups in total. The Morgan fingerprint density at radius 2 is 1.76 bits per heavy atom. The van der Waals surface area contributed by atoms with E-state index in [9.17, 15) is 9.18 Å². The van der Waals surface area contributed by atoms with E-state index in [1.165, 1.54) is 18.5 Å². The van der Waals surface area contributed by atoms with Gasteiger partial charge in [0.25, 0.3) is 5.91 Å². The van der Waals surface area contributed by atoms with E-state index in [0.717, 1.165) is 36.0 Å². The maximum Gasteiger partial charge on any atom is 0.273 e. The first-order valence-electron chi connectivity index (χ1n) is 11.0. The van der Waals surface area contributed by atoms with E-state index in [0.29, 0.717) is 23.6 Å². The van der Waals surface area contributed by atoms with Crippen molar-refractivity contribution in [1.82, 2.24) is 29.8 Å². The molecular weight excluding hydrogens is 433 g/mol. The number of nitrogens with zero attached hydrogens (tertiary/aromatic N) is 6. The Labute approximate surface area is 195 Å². The average Bonchev–Trinajstić information content (AvgIpc) is 2.89. The summed E-state index contributed by atoms with van der Waals surface area (Å²) in [5.74, 6) is -0.389. The summed E-state index contributed by atoms with van der Waals surface area (Å²) in [4.78, 5) is 36.8. The van der Waals surface area contributed by atoms with Gasteiger partial charge in [0, 0.05) is 36.3 Å². The second-order valence-corrected chi connectivity index (χ2v) is 8.08. The zero-order chi connectivity index (χ0) is 23.5. The van der Waals surface area contributed by atoms with Crippen molar-refractivity contribution in [3.63, 3.8) is 0 Å². The predicted octanol–water partition coefficient (Wildman–Crippen LogP) is 4.08. The minimum absolute atomic E-state index is 0.128. The lowest BCUT2D eigenvalue weighted by Gasteiger charge is -2.36. The number of anilines is 1. The van der Waals surface area contributed by atoms with Gasteiger partial charge in [-0.1, -0.05) is 18.2 Å².